The minimum atomic E-state index is -0.284. The number of hydrogen-bond donors (Lipinski definition) is 1. The zero-order valence-electron chi connectivity index (χ0n) is 18.4. The van der Waals surface area contributed by atoms with E-state index in [1.807, 2.05) is 60.7 Å². The van der Waals surface area contributed by atoms with Gasteiger partial charge in [0.15, 0.2) is 0 Å². The fourth-order valence-corrected chi connectivity index (χ4v) is 5.17. The summed E-state index contributed by atoms with van der Waals surface area (Å²) in [4.78, 5) is 20.2. The van der Waals surface area contributed by atoms with E-state index in [1.54, 1.807) is 6.20 Å². The van der Waals surface area contributed by atoms with Crippen LogP contribution in [0.1, 0.15) is 54.6 Å². The van der Waals surface area contributed by atoms with Crippen LogP contribution in [0.15, 0.2) is 79.0 Å². The van der Waals surface area contributed by atoms with Crippen LogP contribution < -0.4 is 0 Å². The van der Waals surface area contributed by atoms with Crippen LogP contribution in [0, 0.1) is 0 Å². The van der Waals surface area contributed by atoms with Crippen molar-refractivity contribution in [1.82, 2.24) is 9.88 Å². The molecule has 4 heteroatoms. The maximum absolute atomic E-state index is 13.5. The number of hydrogen-bond acceptors (Lipinski definition) is 3. The molecule has 5 rings (SSSR count). The van der Waals surface area contributed by atoms with E-state index in [4.69, 9.17) is 0 Å². The van der Waals surface area contributed by atoms with Crippen molar-refractivity contribution in [2.24, 2.45) is 0 Å². The second-order valence-corrected chi connectivity index (χ2v) is 9.27. The van der Waals surface area contributed by atoms with Crippen LogP contribution in [-0.2, 0) is 5.41 Å². The lowest BCUT2D eigenvalue weighted by Gasteiger charge is -2.42. The molecule has 2 fully saturated rings. The summed E-state index contributed by atoms with van der Waals surface area (Å²) >= 11 is 0. The Balaban J connectivity index is 1.32. The number of aromatic nitrogens is 1. The molecule has 0 saturated heterocycles. The maximum Gasteiger partial charge on any atom is 0.254 e. The summed E-state index contributed by atoms with van der Waals surface area (Å²) < 4.78 is 0. The van der Waals surface area contributed by atoms with Gasteiger partial charge in [-0.1, -0.05) is 48.5 Å². The highest BCUT2D eigenvalue weighted by atomic mass is 16.3. The molecular weight excluding hydrogens is 396 g/mol. The molecule has 1 N–H and O–H groups in total. The van der Waals surface area contributed by atoms with E-state index < -0.39 is 0 Å². The number of amides is 1. The fourth-order valence-electron chi connectivity index (χ4n) is 5.17. The third-order valence-corrected chi connectivity index (χ3v) is 7.23. The molecule has 0 unspecified atom stereocenters. The fraction of sp³-hybridized carbons (Fsp3) is 0.357. The smallest absolute Gasteiger partial charge is 0.254 e. The van der Waals surface area contributed by atoms with Gasteiger partial charge < -0.3 is 10.0 Å². The van der Waals surface area contributed by atoms with Crippen LogP contribution in [0.3, 0.4) is 0 Å². The van der Waals surface area contributed by atoms with Gasteiger partial charge in [-0.3, -0.25) is 9.78 Å². The number of carbonyl (C=O) groups excluding carboxylic acids is 1. The summed E-state index contributed by atoms with van der Waals surface area (Å²) in [6.07, 6.45) is 7.51. The van der Waals surface area contributed by atoms with Crippen molar-refractivity contribution in [3.63, 3.8) is 0 Å². The van der Waals surface area contributed by atoms with E-state index in [0.717, 1.165) is 60.9 Å². The van der Waals surface area contributed by atoms with E-state index in [1.165, 1.54) is 0 Å². The van der Waals surface area contributed by atoms with Crippen LogP contribution in [0.5, 0.6) is 0 Å². The van der Waals surface area contributed by atoms with Crippen LogP contribution in [-0.4, -0.2) is 39.6 Å². The molecule has 32 heavy (non-hydrogen) atoms. The molecule has 2 aliphatic rings. The Morgan fingerprint density at radius 1 is 0.844 bits per heavy atom. The summed E-state index contributed by atoms with van der Waals surface area (Å²) in [7, 11) is 0. The largest absolute Gasteiger partial charge is 0.395 e. The lowest BCUT2D eigenvalue weighted by Crippen LogP contribution is -2.47. The Kier molecular flexibility index (Phi) is 5.79. The van der Waals surface area contributed by atoms with E-state index >= 15 is 0 Å². The third kappa shape index (κ3) is 4.07. The molecule has 164 valence electrons. The van der Waals surface area contributed by atoms with Crippen LogP contribution >= 0.6 is 0 Å². The molecule has 2 aliphatic carbocycles. The Labute approximate surface area is 189 Å². The normalized spacial score (nSPS) is 23.0. The van der Waals surface area contributed by atoms with Gasteiger partial charge >= 0.3 is 0 Å². The summed E-state index contributed by atoms with van der Waals surface area (Å²) in [5, 5.41) is 10.2. The van der Waals surface area contributed by atoms with Crippen LogP contribution in [0.2, 0.25) is 0 Å². The van der Waals surface area contributed by atoms with E-state index in [9.17, 15) is 9.90 Å². The Morgan fingerprint density at radius 3 is 2.06 bits per heavy atom. The number of pyridine rings is 1. The first-order chi connectivity index (χ1) is 15.7. The average Bonchev–Trinajstić information content (AvgIpc) is 3.71. The molecule has 2 aromatic carbocycles. The Morgan fingerprint density at radius 2 is 1.47 bits per heavy atom. The van der Waals surface area contributed by atoms with Crippen LogP contribution in [0.25, 0.3) is 11.1 Å². The van der Waals surface area contributed by atoms with Gasteiger partial charge in [0.05, 0.1) is 6.61 Å². The monoisotopic (exact) mass is 426 g/mol. The van der Waals surface area contributed by atoms with Crippen molar-refractivity contribution in [2.75, 3.05) is 6.61 Å². The lowest BCUT2D eigenvalue weighted by atomic mass is 9.70. The minimum absolute atomic E-state index is 0.106. The van der Waals surface area contributed by atoms with Gasteiger partial charge in [0, 0.05) is 35.0 Å². The summed E-state index contributed by atoms with van der Waals surface area (Å²) in [6, 6.07) is 24.8. The first-order valence-electron chi connectivity index (χ1n) is 11.7. The molecule has 2 saturated carbocycles. The zero-order valence-corrected chi connectivity index (χ0v) is 18.4. The van der Waals surface area contributed by atoms with E-state index in [2.05, 4.69) is 22.0 Å². The summed E-state index contributed by atoms with van der Waals surface area (Å²) in [5.74, 6) is 0.145. The van der Waals surface area contributed by atoms with Gasteiger partial charge in [-0.25, -0.2) is 0 Å². The van der Waals surface area contributed by atoms with Crippen LogP contribution in [0.4, 0.5) is 0 Å². The molecule has 1 amide bonds. The van der Waals surface area contributed by atoms with Gasteiger partial charge in [0.25, 0.3) is 5.91 Å². The van der Waals surface area contributed by atoms with Gasteiger partial charge in [-0.15, -0.1) is 0 Å². The molecule has 0 spiro atoms. The highest BCUT2D eigenvalue weighted by Gasteiger charge is 2.43. The van der Waals surface area contributed by atoms with Gasteiger partial charge in [-0.2, -0.15) is 0 Å². The Hall–Kier alpha value is -2.98. The SMILES string of the molecule is O=C(c1ccc(-c2ccccc2)cc1)N(C1CC1)C1CCC(CO)(c2ccccn2)CC1. The van der Waals surface area contributed by atoms with Crippen molar-refractivity contribution < 1.29 is 9.90 Å². The highest BCUT2D eigenvalue weighted by Crippen LogP contribution is 2.42. The van der Waals surface area contributed by atoms with E-state index in [-0.39, 0.29) is 24.0 Å². The predicted octanol–water partition coefficient (Wildman–Crippen LogP) is 5.23. The number of aliphatic hydroxyl groups is 1. The number of benzene rings is 2. The van der Waals surface area contributed by atoms with E-state index in [0.29, 0.717) is 6.04 Å². The molecule has 1 aromatic heterocycles. The summed E-state index contributed by atoms with van der Waals surface area (Å²) in [5.41, 5.74) is 3.74. The molecule has 0 atom stereocenters. The quantitative estimate of drug-likeness (QED) is 0.587. The second kappa shape index (κ2) is 8.87. The predicted molar refractivity (Wildman–Crippen MR) is 126 cm³/mol. The van der Waals surface area contributed by atoms with Crippen molar-refractivity contribution >= 4 is 5.91 Å². The van der Waals surface area contributed by atoms with Gasteiger partial charge in [0.1, 0.15) is 0 Å². The van der Waals surface area contributed by atoms with Gasteiger partial charge in [-0.05, 0) is 73.9 Å². The summed E-state index contributed by atoms with van der Waals surface area (Å²) in [6.45, 7) is 0.106. The second-order valence-electron chi connectivity index (χ2n) is 9.27. The molecular formula is C28H30N2O2. The molecule has 0 aliphatic heterocycles. The number of nitrogens with zero attached hydrogens (tertiary/aromatic N) is 2. The number of rotatable bonds is 6. The molecule has 3 aromatic rings. The number of aliphatic hydroxyl groups excluding tert-OH is 1. The van der Waals surface area contributed by atoms with Gasteiger partial charge in [0.2, 0.25) is 0 Å². The zero-order chi connectivity index (χ0) is 22.0. The standard InChI is InChI=1S/C28H30N2O2/c31-20-28(26-8-4-5-19-29-26)17-15-25(16-18-28)30(24-13-14-24)27(32)23-11-9-22(10-12-23)21-6-2-1-3-7-21/h1-12,19,24-25,31H,13-18,20H2. The van der Waals surface area contributed by atoms with Crippen molar-refractivity contribution in [3.8, 4) is 11.1 Å². The number of carbonyl (C=O) groups is 1. The maximum atomic E-state index is 13.5. The van der Waals surface area contributed by atoms with Crippen molar-refractivity contribution in [3.05, 3.63) is 90.3 Å². The Bertz CT molecular complexity index is 1040. The first kappa shape index (κ1) is 20.9. The molecule has 4 nitrogen and oxygen atoms in total. The molecule has 0 radical (unpaired) electrons. The highest BCUT2D eigenvalue weighted by molar-refractivity contribution is 5.95. The van der Waals surface area contributed by atoms with Crippen molar-refractivity contribution in [1.29, 1.82) is 0 Å². The topological polar surface area (TPSA) is 53.4 Å². The molecule has 0 bridgehead atoms. The minimum Gasteiger partial charge on any atom is -0.395 e. The average molecular weight is 427 g/mol. The third-order valence-electron chi connectivity index (χ3n) is 7.23. The van der Waals surface area contributed by atoms with Crippen molar-refractivity contribution in [2.45, 2.75) is 56.0 Å². The lowest BCUT2D eigenvalue weighted by molar-refractivity contribution is 0.0514. The molecule has 1 heterocycles. The first-order valence-corrected chi connectivity index (χ1v) is 11.7.